The number of amides is 1. The Balaban J connectivity index is 2.89. The zero-order chi connectivity index (χ0) is 12.3. The van der Waals surface area contributed by atoms with Crippen LogP contribution in [-0.4, -0.2) is 11.9 Å². The number of hydrogen-bond acceptors (Lipinski definition) is 3. The van der Waals surface area contributed by atoms with Gasteiger partial charge in [0.1, 0.15) is 6.04 Å². The van der Waals surface area contributed by atoms with Crippen molar-refractivity contribution < 1.29 is 4.79 Å². The number of hydrogen-bond donors (Lipinski definition) is 2. The first-order valence-electron chi connectivity index (χ1n) is 5.26. The Bertz CT molecular complexity index is 359. The largest absolute Gasteiger partial charge is 0.368 e. The van der Waals surface area contributed by atoms with Crippen LogP contribution in [0.2, 0.25) is 0 Å². The minimum absolute atomic E-state index is 0.277. The zero-order valence-electron chi connectivity index (χ0n) is 9.71. The molecule has 0 radical (unpaired) electrons. The van der Waals surface area contributed by atoms with E-state index in [1.54, 1.807) is 11.3 Å². The molecule has 2 unspecified atom stereocenters. The molecule has 1 rings (SSSR count). The molecule has 0 saturated carbocycles. The maximum Gasteiger partial charge on any atom is 0.240 e. The average molecular weight is 305 g/mol. The van der Waals surface area contributed by atoms with Crippen LogP contribution in [0.15, 0.2) is 10.5 Å². The number of thiophene rings is 1. The van der Waals surface area contributed by atoms with Crippen molar-refractivity contribution in [2.24, 2.45) is 5.73 Å². The van der Waals surface area contributed by atoms with Crippen LogP contribution in [0.3, 0.4) is 0 Å². The number of carbonyl (C=O) groups is 1. The number of nitrogens with one attached hydrogen (secondary N) is 1. The summed E-state index contributed by atoms with van der Waals surface area (Å²) in [7, 11) is 0. The van der Waals surface area contributed by atoms with Gasteiger partial charge in [0, 0.05) is 20.3 Å². The lowest BCUT2D eigenvalue weighted by atomic mass is 10.1. The quantitative estimate of drug-likeness (QED) is 0.879. The number of aryl methyl sites for hydroxylation is 1. The topological polar surface area (TPSA) is 55.1 Å². The van der Waals surface area contributed by atoms with Crippen LogP contribution < -0.4 is 11.1 Å². The summed E-state index contributed by atoms with van der Waals surface area (Å²) in [4.78, 5) is 13.6. The molecule has 0 aliphatic carbocycles. The molecule has 16 heavy (non-hydrogen) atoms. The number of rotatable bonds is 5. The third kappa shape index (κ3) is 3.30. The summed E-state index contributed by atoms with van der Waals surface area (Å²) in [5.74, 6) is -0.325. The van der Waals surface area contributed by atoms with Crippen molar-refractivity contribution >= 4 is 33.2 Å². The van der Waals surface area contributed by atoms with Crippen molar-refractivity contribution in [3.8, 4) is 0 Å². The average Bonchev–Trinajstić information content (AvgIpc) is 2.54. The molecule has 0 bridgehead atoms. The highest BCUT2D eigenvalue weighted by Gasteiger charge is 2.21. The Morgan fingerprint density at radius 1 is 1.69 bits per heavy atom. The predicted octanol–water partition coefficient (Wildman–Crippen LogP) is 2.73. The Morgan fingerprint density at radius 3 is 2.69 bits per heavy atom. The number of halogens is 1. The first-order valence-corrected chi connectivity index (χ1v) is 6.87. The zero-order valence-corrected chi connectivity index (χ0v) is 12.1. The van der Waals surface area contributed by atoms with Crippen LogP contribution in [0, 0.1) is 6.92 Å². The molecule has 1 aromatic rings. The van der Waals surface area contributed by atoms with Crippen molar-refractivity contribution in [1.29, 1.82) is 0 Å². The van der Waals surface area contributed by atoms with Gasteiger partial charge in [0.15, 0.2) is 0 Å². The molecule has 0 aliphatic rings. The van der Waals surface area contributed by atoms with E-state index in [0.29, 0.717) is 0 Å². The molecule has 0 aromatic carbocycles. The highest BCUT2D eigenvalue weighted by molar-refractivity contribution is 9.10. The summed E-state index contributed by atoms with van der Waals surface area (Å²) in [6.07, 6.45) is 0.968. The second-order valence-electron chi connectivity index (χ2n) is 3.86. The van der Waals surface area contributed by atoms with Gasteiger partial charge in [-0.05, 0) is 42.3 Å². The molecule has 1 aromatic heterocycles. The van der Waals surface area contributed by atoms with Crippen molar-refractivity contribution in [3.05, 3.63) is 20.3 Å². The molecule has 3 N–H and O–H groups in total. The van der Waals surface area contributed by atoms with Gasteiger partial charge in [-0.3, -0.25) is 10.1 Å². The van der Waals surface area contributed by atoms with Crippen molar-refractivity contribution in [3.63, 3.8) is 0 Å². The van der Waals surface area contributed by atoms with E-state index < -0.39 is 0 Å². The van der Waals surface area contributed by atoms with Gasteiger partial charge in [-0.15, -0.1) is 11.3 Å². The van der Waals surface area contributed by atoms with Crippen LogP contribution in [0.5, 0.6) is 0 Å². The van der Waals surface area contributed by atoms with Crippen LogP contribution >= 0.6 is 27.3 Å². The molecule has 0 aliphatic heterocycles. The maximum atomic E-state index is 11.4. The molecule has 90 valence electrons. The SMILES string of the molecule is CCC(C)NC(C(N)=O)c1cc(Br)c(C)s1. The standard InChI is InChI=1S/C11H17BrN2OS/c1-4-6(2)14-10(11(13)15)9-5-8(12)7(3)16-9/h5-6,10,14H,4H2,1-3H3,(H2,13,15). The van der Waals surface area contributed by atoms with Gasteiger partial charge in [-0.2, -0.15) is 0 Å². The lowest BCUT2D eigenvalue weighted by Crippen LogP contribution is -2.38. The van der Waals surface area contributed by atoms with E-state index in [1.165, 1.54) is 0 Å². The monoisotopic (exact) mass is 304 g/mol. The number of carbonyl (C=O) groups excluding carboxylic acids is 1. The molecule has 1 heterocycles. The molecule has 3 nitrogen and oxygen atoms in total. The summed E-state index contributed by atoms with van der Waals surface area (Å²) in [5.41, 5.74) is 5.42. The van der Waals surface area contributed by atoms with Crippen LogP contribution in [0.4, 0.5) is 0 Å². The van der Waals surface area contributed by atoms with Crippen molar-refractivity contribution in [2.45, 2.75) is 39.3 Å². The molecule has 0 spiro atoms. The minimum Gasteiger partial charge on any atom is -0.368 e. The lowest BCUT2D eigenvalue weighted by Gasteiger charge is -2.18. The van der Waals surface area contributed by atoms with E-state index in [2.05, 4.69) is 28.2 Å². The van der Waals surface area contributed by atoms with Gasteiger partial charge in [0.25, 0.3) is 0 Å². The maximum absolute atomic E-state index is 11.4. The number of nitrogens with two attached hydrogens (primary N) is 1. The first-order chi connectivity index (χ1) is 7.45. The summed E-state index contributed by atoms with van der Waals surface area (Å²) in [6, 6.07) is 1.86. The fourth-order valence-electron chi connectivity index (χ4n) is 1.33. The molecular weight excluding hydrogens is 288 g/mol. The molecule has 5 heteroatoms. The van der Waals surface area contributed by atoms with Gasteiger partial charge in [-0.25, -0.2) is 0 Å². The van der Waals surface area contributed by atoms with Crippen LogP contribution in [-0.2, 0) is 4.79 Å². The summed E-state index contributed by atoms with van der Waals surface area (Å²) in [6.45, 7) is 6.14. The van der Waals surface area contributed by atoms with E-state index in [1.807, 2.05) is 19.9 Å². The van der Waals surface area contributed by atoms with Gasteiger partial charge in [-0.1, -0.05) is 6.92 Å². The Kier molecular flexibility index (Phi) is 4.95. The van der Waals surface area contributed by atoms with Crippen molar-refractivity contribution in [1.82, 2.24) is 5.32 Å². The highest BCUT2D eigenvalue weighted by Crippen LogP contribution is 2.30. The van der Waals surface area contributed by atoms with Crippen LogP contribution in [0.25, 0.3) is 0 Å². The molecule has 0 saturated heterocycles. The van der Waals surface area contributed by atoms with E-state index in [0.717, 1.165) is 20.6 Å². The fourth-order valence-corrected chi connectivity index (χ4v) is 2.96. The molecule has 0 fully saturated rings. The normalized spacial score (nSPS) is 14.8. The minimum atomic E-state index is -0.384. The smallest absolute Gasteiger partial charge is 0.240 e. The third-order valence-electron chi connectivity index (χ3n) is 2.51. The fraction of sp³-hybridized carbons (Fsp3) is 0.545. The van der Waals surface area contributed by atoms with E-state index in [-0.39, 0.29) is 18.0 Å². The Hall–Kier alpha value is -0.390. The van der Waals surface area contributed by atoms with Gasteiger partial charge >= 0.3 is 0 Å². The summed E-state index contributed by atoms with van der Waals surface area (Å²) in [5, 5.41) is 3.24. The first kappa shape index (κ1) is 13.7. The summed E-state index contributed by atoms with van der Waals surface area (Å²) < 4.78 is 1.03. The lowest BCUT2D eigenvalue weighted by molar-refractivity contribution is -0.120. The highest BCUT2D eigenvalue weighted by atomic mass is 79.9. The van der Waals surface area contributed by atoms with E-state index in [9.17, 15) is 4.79 Å². The van der Waals surface area contributed by atoms with Gasteiger partial charge in [0.05, 0.1) is 0 Å². The second-order valence-corrected chi connectivity index (χ2v) is 6.01. The Labute approximate surface area is 109 Å². The van der Waals surface area contributed by atoms with E-state index in [4.69, 9.17) is 5.73 Å². The van der Waals surface area contributed by atoms with Crippen molar-refractivity contribution in [2.75, 3.05) is 0 Å². The predicted molar refractivity (Wildman–Crippen MR) is 71.6 cm³/mol. The third-order valence-corrected chi connectivity index (χ3v) is 4.71. The molecule has 1 amide bonds. The second kappa shape index (κ2) is 5.80. The van der Waals surface area contributed by atoms with Gasteiger partial charge in [0.2, 0.25) is 5.91 Å². The summed E-state index contributed by atoms with van der Waals surface area (Å²) >= 11 is 5.04. The number of primary amides is 1. The van der Waals surface area contributed by atoms with Crippen LogP contribution in [0.1, 0.15) is 36.1 Å². The van der Waals surface area contributed by atoms with Gasteiger partial charge < -0.3 is 5.73 Å². The molecule has 2 atom stereocenters. The Morgan fingerprint density at radius 2 is 2.31 bits per heavy atom. The van der Waals surface area contributed by atoms with E-state index >= 15 is 0 Å². The molecular formula is C11H17BrN2OS.